The van der Waals surface area contributed by atoms with Gasteiger partial charge in [0.05, 0.1) is 11.7 Å². The lowest BCUT2D eigenvalue weighted by Crippen LogP contribution is -2.50. The van der Waals surface area contributed by atoms with E-state index in [1.165, 1.54) is 4.90 Å². The molecule has 0 spiro atoms. The Morgan fingerprint density at radius 2 is 1.76 bits per heavy atom. The monoisotopic (exact) mass is 589 g/mol. The second-order valence-electron chi connectivity index (χ2n) is 10.6. The minimum Gasteiger partial charge on any atom is -0.384 e. The van der Waals surface area contributed by atoms with Crippen molar-refractivity contribution in [2.75, 3.05) is 17.2 Å². The lowest BCUT2D eigenvalue weighted by molar-refractivity contribution is -0.130. The molecule has 0 radical (unpaired) electrons. The molecule has 12 heteroatoms. The number of aryl methyl sites for hydroxylation is 1. The van der Waals surface area contributed by atoms with Gasteiger partial charge >= 0.3 is 0 Å². The topological polar surface area (TPSA) is 183 Å². The Balaban J connectivity index is 0.00000405. The fourth-order valence-corrected chi connectivity index (χ4v) is 5.49. The highest BCUT2D eigenvalue weighted by Gasteiger charge is 2.35. The molecule has 1 atom stereocenters. The Kier molecular flexibility index (Phi) is 10.00. The highest BCUT2D eigenvalue weighted by Crippen LogP contribution is 2.32. The molecular weight excluding hydrogens is 554 g/mol. The van der Waals surface area contributed by atoms with Gasteiger partial charge in [-0.1, -0.05) is 24.3 Å². The standard InChI is InChI=1S/C30H35N9O2.ClH/c1-18-25(13-14-27(33)34-18)23-4-2-3-20(15-23)16-26(32)30(41)39(29(40)22-7-5-19(17-31)6-8-22)24-11-9-21(10-12-24)28-35-37-38-36-28;/h2-4,9-15,19,22,26H,5-8,16-17,31-32H2,1H3,(H2,33,34)(H,35,36,37,38);1H/t19?,22?,26-;/m0./s1. The zero-order valence-electron chi connectivity index (χ0n) is 23.4. The first-order chi connectivity index (χ1) is 19.8. The van der Waals surface area contributed by atoms with Gasteiger partial charge in [-0.2, -0.15) is 5.21 Å². The SMILES string of the molecule is Cc1nc(N)ccc1-c1cccc(C[C@H](N)C(=O)N(C(=O)C2CCC(CN)CC2)c2ccc(-c3nn[nH]n3)cc2)c1.Cl. The summed E-state index contributed by atoms with van der Waals surface area (Å²) in [6, 6.07) is 17.5. The van der Waals surface area contributed by atoms with Crippen molar-refractivity contribution >= 4 is 35.7 Å². The third-order valence-electron chi connectivity index (χ3n) is 7.82. The minimum atomic E-state index is -0.933. The second kappa shape index (κ2) is 13.6. The van der Waals surface area contributed by atoms with Crippen molar-refractivity contribution in [3.05, 3.63) is 71.9 Å². The van der Waals surface area contributed by atoms with Crippen molar-refractivity contribution in [1.29, 1.82) is 0 Å². The van der Waals surface area contributed by atoms with Crippen molar-refractivity contribution in [2.45, 2.75) is 45.1 Å². The van der Waals surface area contributed by atoms with Crippen LogP contribution < -0.4 is 22.1 Å². The highest BCUT2D eigenvalue weighted by atomic mass is 35.5. The molecule has 1 aliphatic rings. The number of hydrogen-bond donors (Lipinski definition) is 4. The predicted molar refractivity (Wildman–Crippen MR) is 164 cm³/mol. The van der Waals surface area contributed by atoms with Crippen LogP contribution in [0, 0.1) is 18.8 Å². The van der Waals surface area contributed by atoms with Crippen LogP contribution in [-0.2, 0) is 16.0 Å². The van der Waals surface area contributed by atoms with Crippen LogP contribution in [0.3, 0.4) is 0 Å². The number of nitrogens with one attached hydrogen (secondary N) is 1. The Morgan fingerprint density at radius 3 is 2.40 bits per heavy atom. The fourth-order valence-electron chi connectivity index (χ4n) is 5.49. The zero-order valence-corrected chi connectivity index (χ0v) is 24.3. The molecule has 2 aromatic heterocycles. The number of carbonyl (C=O) groups excluding carboxylic acids is 2. The van der Waals surface area contributed by atoms with Gasteiger partial charge < -0.3 is 17.2 Å². The van der Waals surface area contributed by atoms with Crippen LogP contribution in [0.4, 0.5) is 11.5 Å². The summed E-state index contributed by atoms with van der Waals surface area (Å²) in [5, 5.41) is 14.0. The van der Waals surface area contributed by atoms with Crippen LogP contribution >= 0.6 is 12.4 Å². The Morgan fingerprint density at radius 1 is 1.02 bits per heavy atom. The molecule has 2 amide bonds. The molecule has 0 unspecified atom stereocenters. The Hall–Kier alpha value is -4.19. The molecule has 1 aliphatic carbocycles. The number of aromatic nitrogens is 5. The van der Waals surface area contributed by atoms with Crippen LogP contribution in [0.2, 0.25) is 0 Å². The van der Waals surface area contributed by atoms with E-state index in [2.05, 4.69) is 25.6 Å². The molecule has 5 rings (SSSR count). The number of halogens is 1. The van der Waals surface area contributed by atoms with E-state index in [1.54, 1.807) is 30.3 Å². The smallest absolute Gasteiger partial charge is 0.251 e. The zero-order chi connectivity index (χ0) is 28.9. The van der Waals surface area contributed by atoms with Gasteiger partial charge in [0.15, 0.2) is 0 Å². The molecule has 2 heterocycles. The number of nitrogens with zero attached hydrogens (tertiary/aromatic N) is 5. The number of nitrogen functional groups attached to an aromatic ring is 1. The van der Waals surface area contributed by atoms with E-state index in [-0.39, 0.29) is 30.7 Å². The van der Waals surface area contributed by atoms with E-state index in [4.69, 9.17) is 17.2 Å². The van der Waals surface area contributed by atoms with Crippen LogP contribution in [0.15, 0.2) is 60.7 Å². The number of hydrogen-bond acceptors (Lipinski definition) is 9. The van der Waals surface area contributed by atoms with Crippen molar-refractivity contribution in [3.63, 3.8) is 0 Å². The molecule has 220 valence electrons. The first kappa shape index (κ1) is 30.8. The summed E-state index contributed by atoms with van der Waals surface area (Å²) in [6.45, 7) is 2.51. The normalized spacial score (nSPS) is 17.2. The summed E-state index contributed by atoms with van der Waals surface area (Å²) in [6.07, 6.45) is 3.38. The molecule has 0 aliphatic heterocycles. The number of carbonyl (C=O) groups is 2. The summed E-state index contributed by atoms with van der Waals surface area (Å²) < 4.78 is 0. The molecule has 1 fully saturated rings. The molecular formula is C30H36ClN9O2. The molecule has 2 aromatic carbocycles. The van der Waals surface area contributed by atoms with Crippen molar-refractivity contribution in [1.82, 2.24) is 25.6 Å². The van der Waals surface area contributed by atoms with Gasteiger partial charge in [0.2, 0.25) is 11.7 Å². The number of aromatic amines is 1. The second-order valence-corrected chi connectivity index (χ2v) is 10.6. The number of imide groups is 1. The molecule has 1 saturated carbocycles. The van der Waals surface area contributed by atoms with Crippen LogP contribution in [0.25, 0.3) is 22.5 Å². The quantitative estimate of drug-likeness (QED) is 0.239. The molecule has 0 saturated heterocycles. The number of amides is 2. The van der Waals surface area contributed by atoms with Crippen molar-refractivity contribution < 1.29 is 9.59 Å². The average molecular weight is 590 g/mol. The van der Waals surface area contributed by atoms with Gasteiger partial charge in [0.1, 0.15) is 5.82 Å². The maximum Gasteiger partial charge on any atom is 0.251 e. The molecule has 42 heavy (non-hydrogen) atoms. The Bertz CT molecular complexity index is 1500. The van der Waals surface area contributed by atoms with Gasteiger partial charge in [0.25, 0.3) is 5.91 Å². The fraction of sp³-hybridized carbons (Fsp3) is 0.333. The van der Waals surface area contributed by atoms with Crippen molar-refractivity contribution in [3.8, 4) is 22.5 Å². The number of benzene rings is 2. The molecule has 4 aromatic rings. The van der Waals surface area contributed by atoms with Crippen LogP contribution in [-0.4, -0.2) is 50.0 Å². The van der Waals surface area contributed by atoms with Crippen molar-refractivity contribution in [2.24, 2.45) is 23.3 Å². The van der Waals surface area contributed by atoms with Gasteiger partial charge in [-0.25, -0.2) is 9.88 Å². The molecule has 11 nitrogen and oxygen atoms in total. The predicted octanol–water partition coefficient (Wildman–Crippen LogP) is 3.44. The number of H-pyrrole nitrogens is 1. The summed E-state index contributed by atoms with van der Waals surface area (Å²) in [4.78, 5) is 33.4. The van der Waals surface area contributed by atoms with E-state index >= 15 is 0 Å². The van der Waals surface area contributed by atoms with Crippen LogP contribution in [0.1, 0.15) is 36.9 Å². The summed E-state index contributed by atoms with van der Waals surface area (Å²) in [5.74, 6) is 0.345. The first-order valence-electron chi connectivity index (χ1n) is 13.8. The Labute approximate surface area is 250 Å². The van der Waals surface area contributed by atoms with E-state index in [9.17, 15) is 9.59 Å². The maximum atomic E-state index is 13.9. The minimum absolute atomic E-state index is 0. The van der Waals surface area contributed by atoms with E-state index in [1.807, 2.05) is 37.3 Å². The third-order valence-corrected chi connectivity index (χ3v) is 7.82. The number of nitrogens with two attached hydrogens (primary N) is 3. The van der Waals surface area contributed by atoms with Gasteiger partial charge in [-0.15, -0.1) is 22.6 Å². The van der Waals surface area contributed by atoms with E-state index in [0.29, 0.717) is 48.2 Å². The molecule has 0 bridgehead atoms. The first-order valence-corrected chi connectivity index (χ1v) is 13.8. The number of anilines is 2. The average Bonchev–Trinajstić information content (AvgIpc) is 3.53. The third kappa shape index (κ3) is 6.81. The largest absolute Gasteiger partial charge is 0.384 e. The number of rotatable bonds is 8. The number of pyridine rings is 1. The van der Waals surface area contributed by atoms with E-state index in [0.717, 1.165) is 35.2 Å². The lowest BCUT2D eigenvalue weighted by Gasteiger charge is -2.32. The number of tetrazole rings is 1. The molecule has 7 N–H and O–H groups in total. The summed E-state index contributed by atoms with van der Waals surface area (Å²) in [5.41, 5.74) is 23.0. The maximum absolute atomic E-state index is 13.9. The van der Waals surface area contributed by atoms with Gasteiger partial charge in [-0.05, 0) is 104 Å². The highest BCUT2D eigenvalue weighted by molar-refractivity contribution is 6.17. The summed E-state index contributed by atoms with van der Waals surface area (Å²) in [7, 11) is 0. The van der Waals surface area contributed by atoms with Crippen LogP contribution in [0.5, 0.6) is 0 Å². The van der Waals surface area contributed by atoms with E-state index < -0.39 is 11.9 Å². The lowest BCUT2D eigenvalue weighted by atomic mass is 9.81. The summed E-state index contributed by atoms with van der Waals surface area (Å²) >= 11 is 0. The van der Waals surface area contributed by atoms with Gasteiger partial charge in [-0.3, -0.25) is 9.59 Å². The van der Waals surface area contributed by atoms with Gasteiger partial charge in [0, 0.05) is 22.7 Å².